The van der Waals surface area contributed by atoms with Gasteiger partial charge in [-0.3, -0.25) is 27.5 Å². The molecule has 1 unspecified atom stereocenters. The lowest BCUT2D eigenvalue weighted by Gasteiger charge is -2.36. The Bertz CT molecular complexity index is 2360. The molecule has 1 amide bonds. The second kappa shape index (κ2) is 23.7. The van der Waals surface area contributed by atoms with Gasteiger partial charge in [0.15, 0.2) is 35.4 Å². The number of aliphatic hydroxyl groups excluding tert-OH is 3. The molecule has 378 valence electrons. The number of carbonyl (C=O) groups is 1. The van der Waals surface area contributed by atoms with Crippen LogP contribution in [0.1, 0.15) is 51.0 Å². The van der Waals surface area contributed by atoms with E-state index in [1.165, 1.54) is 29.9 Å². The van der Waals surface area contributed by atoms with Crippen LogP contribution in [0.3, 0.4) is 0 Å². The maximum atomic E-state index is 13.4. The number of phosphoric ester groups is 2. The molecule has 11 N–H and O–H groups in total. The van der Waals surface area contributed by atoms with Gasteiger partial charge >= 0.3 is 15.6 Å². The first kappa shape index (κ1) is 51.8. The van der Waals surface area contributed by atoms with E-state index in [-0.39, 0.29) is 94.2 Å². The number of nitrogens with one attached hydrogen (secondary N) is 1. The maximum Gasteiger partial charge on any atom is 0.472 e. The van der Waals surface area contributed by atoms with Crippen molar-refractivity contribution in [2.75, 3.05) is 71.1 Å². The lowest BCUT2D eigenvalue weighted by atomic mass is 10.0. The minimum atomic E-state index is -4.98. The Kier molecular flexibility index (Phi) is 18.1. The quantitative estimate of drug-likeness (QED) is 0.0197. The Morgan fingerprint density at radius 3 is 2.21 bits per heavy atom. The van der Waals surface area contributed by atoms with Gasteiger partial charge in [-0.15, -0.1) is 0 Å². The van der Waals surface area contributed by atoms with Crippen molar-refractivity contribution in [3.8, 4) is 0 Å². The summed E-state index contributed by atoms with van der Waals surface area (Å²) in [6, 6.07) is 0. The van der Waals surface area contributed by atoms with Crippen LogP contribution in [0.25, 0.3) is 22.3 Å². The fraction of sp³-hybridized carbons (Fsp3) is 0.694. The lowest BCUT2D eigenvalue weighted by molar-refractivity contribution is -0.256. The van der Waals surface area contributed by atoms with Crippen LogP contribution in [0, 0.1) is 0 Å². The fourth-order valence-electron chi connectivity index (χ4n) is 7.58. The number of fused-ring (bicyclic) bond motifs is 2. The monoisotopic (exact) mass is 1010 g/mol. The van der Waals surface area contributed by atoms with Crippen molar-refractivity contribution in [2.24, 2.45) is 0 Å². The van der Waals surface area contributed by atoms with Crippen LogP contribution in [-0.4, -0.2) is 184 Å². The molecule has 68 heavy (non-hydrogen) atoms. The van der Waals surface area contributed by atoms with Crippen molar-refractivity contribution < 1.29 is 90.7 Å². The molecule has 4 aromatic heterocycles. The van der Waals surface area contributed by atoms with Crippen molar-refractivity contribution in [3.63, 3.8) is 0 Å². The SMILES string of the molecule is Nc1ncnc2c1ncn2[C@@H]1O[C@H](COP(=O)(O)O[C@H]2C[C@H](n3cnc4c(N)ncnc43)O[C@@H]2COP(=O)(O)O)C[C@H]1OCOCCOCCNC(=O)CCCCO[C@H]1C[C@@H](O)[C@@H](O)[C@@H](CO)O1. The van der Waals surface area contributed by atoms with Crippen molar-refractivity contribution >= 4 is 55.5 Å². The van der Waals surface area contributed by atoms with Gasteiger partial charge in [0.2, 0.25) is 5.91 Å². The number of ether oxygens (including phenoxy) is 7. The highest BCUT2D eigenvalue weighted by atomic mass is 31.2. The molecule has 3 saturated heterocycles. The van der Waals surface area contributed by atoms with E-state index >= 15 is 0 Å². The highest BCUT2D eigenvalue weighted by Crippen LogP contribution is 2.50. The first-order valence-electron chi connectivity index (χ1n) is 21.4. The average Bonchev–Trinajstić information content (AvgIpc) is 4.11. The van der Waals surface area contributed by atoms with E-state index in [1.807, 2.05) is 0 Å². The minimum absolute atomic E-state index is 0.0749. The van der Waals surface area contributed by atoms with Crippen LogP contribution in [0.4, 0.5) is 11.6 Å². The van der Waals surface area contributed by atoms with E-state index in [0.29, 0.717) is 24.0 Å². The lowest BCUT2D eigenvalue weighted by Crippen LogP contribution is -2.50. The highest BCUT2D eigenvalue weighted by Gasteiger charge is 2.45. The van der Waals surface area contributed by atoms with Gasteiger partial charge in [0, 0.05) is 38.8 Å². The summed E-state index contributed by atoms with van der Waals surface area (Å²) in [7, 11) is -9.91. The predicted molar refractivity (Wildman–Crippen MR) is 227 cm³/mol. The summed E-state index contributed by atoms with van der Waals surface area (Å²) >= 11 is 0. The third-order valence-corrected chi connectivity index (χ3v) is 12.4. The van der Waals surface area contributed by atoms with Crippen LogP contribution in [0.2, 0.25) is 0 Å². The molecule has 0 aromatic carbocycles. The number of phosphoric acid groups is 2. The zero-order valence-corrected chi connectivity index (χ0v) is 38.1. The molecule has 11 atom stereocenters. The summed E-state index contributed by atoms with van der Waals surface area (Å²) in [5.74, 6) is 0.0524. The van der Waals surface area contributed by atoms with Gasteiger partial charge in [-0.2, -0.15) is 0 Å². The number of nitrogens with two attached hydrogens (primary N) is 2. The Labute approximate surface area is 386 Å². The topological polar surface area (TPSA) is 416 Å². The smallest absolute Gasteiger partial charge is 0.394 e. The second-order valence-electron chi connectivity index (χ2n) is 15.7. The molecule has 32 heteroatoms. The van der Waals surface area contributed by atoms with E-state index in [2.05, 4.69) is 39.7 Å². The highest BCUT2D eigenvalue weighted by molar-refractivity contribution is 7.47. The largest absolute Gasteiger partial charge is 0.472 e. The molecule has 7 heterocycles. The molecular formula is C36H55N11O19P2. The Morgan fingerprint density at radius 1 is 0.779 bits per heavy atom. The summed E-state index contributed by atoms with van der Waals surface area (Å²) in [6.45, 7) is -0.781. The number of hydrogen-bond donors (Lipinski definition) is 9. The summed E-state index contributed by atoms with van der Waals surface area (Å²) in [6.07, 6.45) is -3.22. The number of aliphatic hydroxyl groups is 3. The molecular weight excluding hydrogens is 952 g/mol. The zero-order chi connectivity index (χ0) is 48.4. The maximum absolute atomic E-state index is 13.4. The predicted octanol–water partition coefficient (Wildman–Crippen LogP) is -1.47. The minimum Gasteiger partial charge on any atom is -0.394 e. The number of imidazole rings is 2. The van der Waals surface area contributed by atoms with Crippen molar-refractivity contribution in [3.05, 3.63) is 25.3 Å². The van der Waals surface area contributed by atoms with Crippen LogP contribution < -0.4 is 16.8 Å². The van der Waals surface area contributed by atoms with Gasteiger partial charge in [0.25, 0.3) is 0 Å². The third kappa shape index (κ3) is 13.9. The van der Waals surface area contributed by atoms with Gasteiger partial charge in [-0.05, 0) is 12.8 Å². The van der Waals surface area contributed by atoms with Crippen LogP contribution in [0.15, 0.2) is 25.3 Å². The van der Waals surface area contributed by atoms with Crippen molar-refractivity contribution in [2.45, 2.75) is 100.0 Å². The number of hydrogen-bond acceptors (Lipinski definition) is 24. The number of anilines is 2. The molecule has 0 radical (unpaired) electrons. The summed E-state index contributed by atoms with van der Waals surface area (Å²) < 4.78 is 84.0. The van der Waals surface area contributed by atoms with Gasteiger partial charge in [-0.25, -0.2) is 39.0 Å². The Balaban J connectivity index is 0.842. The van der Waals surface area contributed by atoms with E-state index in [0.717, 1.165) is 0 Å². The molecule has 3 aliphatic rings. The molecule has 0 bridgehead atoms. The van der Waals surface area contributed by atoms with Crippen molar-refractivity contribution in [1.29, 1.82) is 0 Å². The number of nitrogen functional groups attached to an aromatic ring is 2. The third-order valence-electron chi connectivity index (χ3n) is 10.9. The number of amides is 1. The van der Waals surface area contributed by atoms with Crippen LogP contribution >= 0.6 is 15.6 Å². The molecule has 0 aliphatic carbocycles. The summed E-state index contributed by atoms with van der Waals surface area (Å²) in [5, 5.41) is 31.8. The van der Waals surface area contributed by atoms with E-state index in [4.69, 9.17) is 53.7 Å². The summed E-state index contributed by atoms with van der Waals surface area (Å²) in [5.41, 5.74) is 13.1. The Morgan fingerprint density at radius 2 is 1.49 bits per heavy atom. The molecule has 0 saturated carbocycles. The fourth-order valence-corrected chi connectivity index (χ4v) is 8.90. The first-order valence-corrected chi connectivity index (χ1v) is 24.4. The normalized spacial score (nSPS) is 27.6. The van der Waals surface area contributed by atoms with Gasteiger partial charge in [-0.1, -0.05) is 0 Å². The van der Waals surface area contributed by atoms with E-state index in [9.17, 15) is 43.9 Å². The number of carbonyl (C=O) groups excluding carboxylic acids is 1. The standard InChI is InChI=1S/C36H55N11O19P2/c37-32-29-34(42-15-40-32)46(17-44-29)27-11-22(25(64-27)14-61-67(52,53)54)66-68(55,56)62-13-20-9-23(36(63-20)47-18-45-30-33(38)41-16-43-35(30)47)60-19-58-8-7-57-6-4-39-26(50)3-1-2-5-59-28-10-21(49)31(51)24(12-48)65-28/h15-18,20-25,27-28,31,36,48-49,51H,1-14,19H2,(H,39,50)(H,55,56)(H2,37,40,42)(H2,38,41,43)(H2,52,53,54)/t20-,21+,22-,23+,24+,25+,27+,28+,31+,36+/m0/s1. The molecule has 4 aromatic rings. The van der Waals surface area contributed by atoms with Crippen LogP contribution in [-0.2, 0) is 60.7 Å². The van der Waals surface area contributed by atoms with Gasteiger partial charge < -0.3 is 79.9 Å². The first-order chi connectivity index (χ1) is 32.6. The van der Waals surface area contributed by atoms with Gasteiger partial charge in [0.05, 0.1) is 64.5 Å². The van der Waals surface area contributed by atoms with E-state index < -0.39 is 96.9 Å². The molecule has 7 rings (SSSR count). The van der Waals surface area contributed by atoms with Gasteiger partial charge in [0.1, 0.15) is 67.2 Å². The van der Waals surface area contributed by atoms with Crippen molar-refractivity contribution in [1.82, 2.24) is 44.4 Å². The molecule has 30 nitrogen and oxygen atoms in total. The molecule has 0 spiro atoms. The molecule has 3 fully saturated rings. The second-order valence-corrected chi connectivity index (χ2v) is 18.4. The van der Waals surface area contributed by atoms with E-state index in [1.54, 1.807) is 4.57 Å². The number of nitrogens with zero attached hydrogens (tertiary/aromatic N) is 8. The number of aromatic nitrogens is 8. The summed E-state index contributed by atoms with van der Waals surface area (Å²) in [4.78, 5) is 66.6. The average molecular weight is 1010 g/mol. The molecule has 3 aliphatic heterocycles. The number of rotatable bonds is 26. The Hall–Kier alpha value is -4.01. The van der Waals surface area contributed by atoms with Crippen LogP contribution in [0.5, 0.6) is 0 Å². The number of unbranched alkanes of at least 4 members (excludes halogenated alkanes) is 1. The zero-order valence-electron chi connectivity index (χ0n) is 36.3.